The van der Waals surface area contributed by atoms with E-state index in [1.807, 2.05) is 12.1 Å². The van der Waals surface area contributed by atoms with Gasteiger partial charge in [-0.1, -0.05) is 12.1 Å². The van der Waals surface area contributed by atoms with Gasteiger partial charge in [-0.15, -0.1) is 0 Å². The molecule has 0 saturated carbocycles. The first-order chi connectivity index (χ1) is 8.28. The van der Waals surface area contributed by atoms with Crippen molar-refractivity contribution in [2.45, 2.75) is 6.54 Å². The molecule has 0 atom stereocenters. The van der Waals surface area contributed by atoms with Crippen LogP contribution in [-0.2, 0) is 6.54 Å². The molecular formula is C13H13FN2O. The summed E-state index contributed by atoms with van der Waals surface area (Å²) in [7, 11) is 1.57. The van der Waals surface area contributed by atoms with Gasteiger partial charge in [0.05, 0.1) is 19.0 Å². The fourth-order valence-electron chi connectivity index (χ4n) is 1.46. The molecule has 2 aromatic rings. The first-order valence-electron chi connectivity index (χ1n) is 5.26. The summed E-state index contributed by atoms with van der Waals surface area (Å²) in [5.74, 6) is 0.346. The van der Waals surface area contributed by atoms with Gasteiger partial charge in [0.1, 0.15) is 5.82 Å². The van der Waals surface area contributed by atoms with Crippen LogP contribution in [0.25, 0.3) is 0 Å². The maximum Gasteiger partial charge on any atom is 0.213 e. The van der Waals surface area contributed by atoms with Crippen LogP contribution in [0.1, 0.15) is 5.56 Å². The maximum atomic E-state index is 12.9. The minimum absolute atomic E-state index is 0.225. The first kappa shape index (κ1) is 11.4. The Morgan fingerprint density at radius 3 is 2.82 bits per heavy atom. The Bertz CT molecular complexity index is 485. The third kappa shape index (κ3) is 3.17. The van der Waals surface area contributed by atoms with Gasteiger partial charge in [-0.25, -0.2) is 9.37 Å². The highest BCUT2D eigenvalue weighted by molar-refractivity contribution is 5.42. The SMILES string of the molecule is COc1ccc(NCc2cccc(F)c2)cn1. The van der Waals surface area contributed by atoms with Gasteiger partial charge in [0, 0.05) is 12.6 Å². The quantitative estimate of drug-likeness (QED) is 0.880. The molecule has 2 rings (SSSR count). The van der Waals surface area contributed by atoms with Gasteiger partial charge in [-0.3, -0.25) is 0 Å². The second-order valence-electron chi connectivity index (χ2n) is 3.57. The van der Waals surface area contributed by atoms with Crippen LogP contribution in [0.15, 0.2) is 42.6 Å². The second kappa shape index (κ2) is 5.30. The number of pyridine rings is 1. The summed E-state index contributed by atoms with van der Waals surface area (Å²) in [6, 6.07) is 10.1. The predicted molar refractivity (Wildman–Crippen MR) is 64.5 cm³/mol. The first-order valence-corrected chi connectivity index (χ1v) is 5.26. The number of aromatic nitrogens is 1. The standard InChI is InChI=1S/C13H13FN2O/c1-17-13-6-5-12(9-16-13)15-8-10-3-2-4-11(14)7-10/h2-7,9,15H,8H2,1H3. The molecule has 0 aliphatic carbocycles. The Morgan fingerprint density at radius 2 is 2.18 bits per heavy atom. The summed E-state index contributed by atoms with van der Waals surface area (Å²) in [5, 5.41) is 3.15. The number of hydrogen-bond donors (Lipinski definition) is 1. The van der Waals surface area contributed by atoms with Crippen LogP contribution in [0.2, 0.25) is 0 Å². The minimum atomic E-state index is -0.225. The lowest BCUT2D eigenvalue weighted by Gasteiger charge is -2.06. The maximum absolute atomic E-state index is 12.9. The van der Waals surface area contributed by atoms with Crippen molar-refractivity contribution in [2.24, 2.45) is 0 Å². The van der Waals surface area contributed by atoms with Crippen LogP contribution in [0.3, 0.4) is 0 Å². The van der Waals surface area contributed by atoms with Gasteiger partial charge in [-0.05, 0) is 23.8 Å². The van der Waals surface area contributed by atoms with Crippen LogP contribution < -0.4 is 10.1 Å². The van der Waals surface area contributed by atoms with Crippen LogP contribution in [-0.4, -0.2) is 12.1 Å². The van der Waals surface area contributed by atoms with Crippen molar-refractivity contribution >= 4 is 5.69 Å². The fourth-order valence-corrected chi connectivity index (χ4v) is 1.46. The molecule has 88 valence electrons. The van der Waals surface area contributed by atoms with E-state index in [2.05, 4.69) is 10.3 Å². The summed E-state index contributed by atoms with van der Waals surface area (Å²) in [5.41, 5.74) is 1.76. The molecule has 0 fully saturated rings. The largest absolute Gasteiger partial charge is 0.481 e. The second-order valence-corrected chi connectivity index (χ2v) is 3.57. The van der Waals surface area contributed by atoms with Crippen LogP contribution in [0.5, 0.6) is 5.88 Å². The molecule has 3 nitrogen and oxygen atoms in total. The molecular weight excluding hydrogens is 219 g/mol. The van der Waals surface area contributed by atoms with E-state index in [1.54, 1.807) is 25.4 Å². The molecule has 1 heterocycles. The Kier molecular flexibility index (Phi) is 3.55. The lowest BCUT2D eigenvalue weighted by atomic mass is 10.2. The molecule has 0 spiro atoms. The number of anilines is 1. The lowest BCUT2D eigenvalue weighted by Crippen LogP contribution is -2.00. The summed E-state index contributed by atoms with van der Waals surface area (Å²) in [4.78, 5) is 4.07. The molecule has 0 aliphatic heterocycles. The molecule has 1 aromatic heterocycles. The monoisotopic (exact) mass is 232 g/mol. The highest BCUT2D eigenvalue weighted by atomic mass is 19.1. The third-order valence-corrected chi connectivity index (χ3v) is 2.33. The van der Waals surface area contributed by atoms with Crippen LogP contribution in [0, 0.1) is 5.82 Å². The van der Waals surface area contributed by atoms with E-state index in [-0.39, 0.29) is 5.82 Å². The molecule has 0 bridgehead atoms. The van der Waals surface area contributed by atoms with Crippen molar-refractivity contribution in [2.75, 3.05) is 12.4 Å². The van der Waals surface area contributed by atoms with Crippen molar-refractivity contribution in [3.05, 3.63) is 54.0 Å². The van der Waals surface area contributed by atoms with E-state index in [9.17, 15) is 4.39 Å². The van der Waals surface area contributed by atoms with Gasteiger partial charge < -0.3 is 10.1 Å². The van der Waals surface area contributed by atoms with Crippen molar-refractivity contribution in [3.8, 4) is 5.88 Å². The number of halogens is 1. The summed E-state index contributed by atoms with van der Waals surface area (Å²) < 4.78 is 17.9. The van der Waals surface area contributed by atoms with Gasteiger partial charge in [0.2, 0.25) is 5.88 Å². The van der Waals surface area contributed by atoms with Gasteiger partial charge in [0.25, 0.3) is 0 Å². The summed E-state index contributed by atoms with van der Waals surface area (Å²) in [6.45, 7) is 0.561. The van der Waals surface area contributed by atoms with E-state index in [0.717, 1.165) is 11.3 Å². The Balaban J connectivity index is 1.97. The number of methoxy groups -OCH3 is 1. The minimum Gasteiger partial charge on any atom is -0.481 e. The van der Waals surface area contributed by atoms with E-state index in [1.165, 1.54) is 12.1 Å². The van der Waals surface area contributed by atoms with E-state index >= 15 is 0 Å². The third-order valence-electron chi connectivity index (χ3n) is 2.33. The summed E-state index contributed by atoms with van der Waals surface area (Å²) >= 11 is 0. The van der Waals surface area contributed by atoms with E-state index in [0.29, 0.717) is 12.4 Å². The molecule has 1 N–H and O–H groups in total. The Hall–Kier alpha value is -2.10. The predicted octanol–water partition coefficient (Wildman–Crippen LogP) is 2.84. The van der Waals surface area contributed by atoms with Gasteiger partial charge in [0.15, 0.2) is 0 Å². The topological polar surface area (TPSA) is 34.1 Å². The number of hydrogen-bond acceptors (Lipinski definition) is 3. The smallest absolute Gasteiger partial charge is 0.213 e. The average Bonchev–Trinajstić information content (AvgIpc) is 2.37. The number of ether oxygens (including phenoxy) is 1. The zero-order valence-corrected chi connectivity index (χ0v) is 9.48. The highest BCUT2D eigenvalue weighted by Crippen LogP contribution is 2.12. The van der Waals surface area contributed by atoms with Gasteiger partial charge in [-0.2, -0.15) is 0 Å². The zero-order chi connectivity index (χ0) is 12.1. The number of benzene rings is 1. The molecule has 0 saturated heterocycles. The normalized spacial score (nSPS) is 10.0. The molecule has 17 heavy (non-hydrogen) atoms. The molecule has 4 heteroatoms. The highest BCUT2D eigenvalue weighted by Gasteiger charge is 1.97. The van der Waals surface area contributed by atoms with Crippen molar-refractivity contribution in [1.29, 1.82) is 0 Å². The molecule has 0 aliphatic rings. The lowest BCUT2D eigenvalue weighted by molar-refractivity contribution is 0.398. The van der Waals surface area contributed by atoms with E-state index < -0.39 is 0 Å². The molecule has 0 amide bonds. The number of nitrogens with one attached hydrogen (secondary N) is 1. The van der Waals surface area contributed by atoms with Crippen molar-refractivity contribution in [1.82, 2.24) is 4.98 Å². The van der Waals surface area contributed by atoms with Crippen molar-refractivity contribution < 1.29 is 9.13 Å². The molecule has 1 aromatic carbocycles. The van der Waals surface area contributed by atoms with Gasteiger partial charge >= 0.3 is 0 Å². The van der Waals surface area contributed by atoms with Crippen molar-refractivity contribution in [3.63, 3.8) is 0 Å². The molecule has 0 unspecified atom stereocenters. The number of rotatable bonds is 4. The van der Waals surface area contributed by atoms with E-state index in [4.69, 9.17) is 4.74 Å². The number of nitrogens with zero attached hydrogens (tertiary/aromatic N) is 1. The Morgan fingerprint density at radius 1 is 1.29 bits per heavy atom. The Labute approximate surface area is 99.3 Å². The average molecular weight is 232 g/mol. The summed E-state index contributed by atoms with van der Waals surface area (Å²) in [6.07, 6.45) is 1.68. The zero-order valence-electron chi connectivity index (χ0n) is 9.48. The fraction of sp³-hybridized carbons (Fsp3) is 0.154. The van der Waals surface area contributed by atoms with Crippen LogP contribution >= 0.6 is 0 Å². The molecule has 0 radical (unpaired) electrons. The van der Waals surface area contributed by atoms with Crippen LogP contribution in [0.4, 0.5) is 10.1 Å².